The van der Waals surface area contributed by atoms with Gasteiger partial charge in [0.2, 0.25) is 0 Å². The van der Waals surface area contributed by atoms with Crippen molar-refractivity contribution in [2.45, 2.75) is 13.8 Å². The maximum atomic E-state index is 4.24. The van der Waals surface area contributed by atoms with Crippen LogP contribution in [0.1, 0.15) is 11.5 Å². The summed E-state index contributed by atoms with van der Waals surface area (Å²) in [4.78, 5) is 11.5. The average molecular weight is 164 g/mol. The van der Waals surface area contributed by atoms with E-state index in [-0.39, 0.29) is 6.15 Å². The van der Waals surface area contributed by atoms with Crippen LogP contribution in [-0.2, 0) is 0 Å². The fraction of sp³-hybridized carbons (Fsp3) is 0.250. The third-order valence-corrected chi connectivity index (χ3v) is 1.72. The second-order valence-corrected chi connectivity index (χ2v) is 2.60. The molecular weight excluding hydrogens is 152 g/mol. The lowest BCUT2D eigenvalue weighted by atomic mass is 10.3. The van der Waals surface area contributed by atoms with Crippen molar-refractivity contribution in [2.24, 2.45) is 0 Å². The maximum absolute atomic E-state index is 4.24. The van der Waals surface area contributed by atoms with Gasteiger partial charge in [-0.2, -0.15) is 0 Å². The van der Waals surface area contributed by atoms with E-state index in [1.54, 1.807) is 0 Å². The van der Waals surface area contributed by atoms with E-state index in [0.29, 0.717) is 0 Å². The van der Waals surface area contributed by atoms with Crippen LogP contribution in [0.3, 0.4) is 0 Å². The number of aryl methyl sites for hydroxylation is 2. The average Bonchev–Trinajstić information content (AvgIpc) is 2.34. The Morgan fingerprint density at radius 3 is 2.75 bits per heavy atom. The summed E-state index contributed by atoms with van der Waals surface area (Å²) in [6, 6.07) is 1.99. The fourth-order valence-electron chi connectivity index (χ4n) is 1.23. The first-order valence-corrected chi connectivity index (χ1v) is 3.56. The summed E-state index contributed by atoms with van der Waals surface area (Å²) >= 11 is 0. The van der Waals surface area contributed by atoms with E-state index in [4.69, 9.17) is 0 Å². The molecule has 0 spiro atoms. The van der Waals surface area contributed by atoms with Gasteiger partial charge in [0, 0.05) is 11.6 Å². The molecule has 4 nitrogen and oxygen atoms in total. The van der Waals surface area contributed by atoms with Gasteiger partial charge in [-0.1, -0.05) is 0 Å². The third-order valence-electron chi connectivity index (χ3n) is 1.72. The van der Waals surface area contributed by atoms with Gasteiger partial charge in [-0.3, -0.25) is 0 Å². The van der Waals surface area contributed by atoms with E-state index in [9.17, 15) is 0 Å². The maximum Gasteiger partial charge on any atom is 0.141 e. The molecule has 2 heterocycles. The Kier molecular flexibility index (Phi) is 2.10. The minimum atomic E-state index is 0. The van der Waals surface area contributed by atoms with Crippen LogP contribution in [0.2, 0.25) is 0 Å². The number of fused-ring (bicyclic) bond motifs is 1. The molecule has 2 aromatic rings. The van der Waals surface area contributed by atoms with Crippen LogP contribution in [0.15, 0.2) is 12.3 Å². The molecule has 0 aromatic carbocycles. The molecule has 0 unspecified atom stereocenters. The molecule has 0 bridgehead atoms. The first-order chi connectivity index (χ1) is 5.27. The highest BCUT2D eigenvalue weighted by Crippen LogP contribution is 2.12. The molecule has 12 heavy (non-hydrogen) atoms. The molecule has 2 rings (SSSR count). The first kappa shape index (κ1) is 8.67. The number of rotatable bonds is 0. The molecule has 4 N–H and O–H groups in total. The van der Waals surface area contributed by atoms with E-state index in [2.05, 4.69) is 15.0 Å². The minimum Gasteiger partial charge on any atom is -0.346 e. The van der Waals surface area contributed by atoms with Gasteiger partial charge in [-0.05, 0) is 19.9 Å². The number of nitrogens with zero attached hydrogens (tertiary/aromatic N) is 2. The summed E-state index contributed by atoms with van der Waals surface area (Å²) in [6.07, 6.45) is 1.88. The Morgan fingerprint density at radius 1 is 1.25 bits per heavy atom. The van der Waals surface area contributed by atoms with Crippen LogP contribution >= 0.6 is 0 Å². The van der Waals surface area contributed by atoms with Gasteiger partial charge in [0.25, 0.3) is 0 Å². The van der Waals surface area contributed by atoms with Crippen molar-refractivity contribution < 1.29 is 0 Å². The van der Waals surface area contributed by atoms with Crippen molar-refractivity contribution >= 4 is 11.0 Å². The Bertz CT molecular complexity index is 391. The summed E-state index contributed by atoms with van der Waals surface area (Å²) in [5.41, 5.74) is 1.96. The topological polar surface area (TPSA) is 76.6 Å². The molecule has 0 saturated carbocycles. The molecule has 4 heteroatoms. The van der Waals surface area contributed by atoms with E-state index in [1.165, 1.54) is 0 Å². The van der Waals surface area contributed by atoms with Crippen LogP contribution in [0.25, 0.3) is 11.0 Å². The van der Waals surface area contributed by atoms with Crippen molar-refractivity contribution in [2.75, 3.05) is 0 Å². The Labute approximate surface area is 70.6 Å². The second-order valence-electron chi connectivity index (χ2n) is 2.60. The molecule has 64 valence electrons. The largest absolute Gasteiger partial charge is 0.346 e. The highest BCUT2D eigenvalue weighted by Gasteiger charge is 2.00. The van der Waals surface area contributed by atoms with Gasteiger partial charge in [-0.25, -0.2) is 9.97 Å². The van der Waals surface area contributed by atoms with Gasteiger partial charge in [0.1, 0.15) is 11.5 Å². The predicted octanol–water partition coefficient (Wildman–Crippen LogP) is 1.74. The quantitative estimate of drug-likeness (QED) is 0.622. The Balaban J connectivity index is 0.000000720. The SMILES string of the molecule is Cc1nc(C)c2cc[nH]c2n1.N. The van der Waals surface area contributed by atoms with Crippen molar-refractivity contribution in [1.29, 1.82) is 0 Å². The fourth-order valence-corrected chi connectivity index (χ4v) is 1.23. The molecule has 0 fully saturated rings. The normalized spacial score (nSPS) is 9.83. The lowest BCUT2D eigenvalue weighted by Crippen LogP contribution is -1.90. The number of aromatic nitrogens is 3. The van der Waals surface area contributed by atoms with Crippen LogP contribution in [0.4, 0.5) is 0 Å². The summed E-state index contributed by atoms with van der Waals surface area (Å²) in [7, 11) is 0. The number of aromatic amines is 1. The molecule has 0 amide bonds. The van der Waals surface area contributed by atoms with Crippen molar-refractivity contribution in [3.8, 4) is 0 Å². The van der Waals surface area contributed by atoms with Crippen molar-refractivity contribution in [1.82, 2.24) is 21.1 Å². The lowest BCUT2D eigenvalue weighted by molar-refractivity contribution is 1.04. The predicted molar refractivity (Wildman–Crippen MR) is 48.4 cm³/mol. The number of hydrogen-bond acceptors (Lipinski definition) is 3. The molecule has 2 aromatic heterocycles. The molecule has 0 aliphatic heterocycles. The van der Waals surface area contributed by atoms with E-state index >= 15 is 0 Å². The number of nitrogens with one attached hydrogen (secondary N) is 1. The van der Waals surface area contributed by atoms with Crippen LogP contribution in [0, 0.1) is 13.8 Å². The van der Waals surface area contributed by atoms with E-state index in [1.807, 2.05) is 26.1 Å². The van der Waals surface area contributed by atoms with Gasteiger partial charge < -0.3 is 11.1 Å². The minimum absolute atomic E-state index is 0. The highest BCUT2D eigenvalue weighted by molar-refractivity contribution is 5.77. The van der Waals surface area contributed by atoms with Gasteiger partial charge in [-0.15, -0.1) is 0 Å². The number of H-pyrrole nitrogens is 1. The smallest absolute Gasteiger partial charge is 0.141 e. The molecule has 0 saturated heterocycles. The summed E-state index contributed by atoms with van der Waals surface area (Å²) < 4.78 is 0. The Hall–Kier alpha value is -1.42. The van der Waals surface area contributed by atoms with E-state index < -0.39 is 0 Å². The van der Waals surface area contributed by atoms with Crippen molar-refractivity contribution in [3.63, 3.8) is 0 Å². The number of hydrogen-bond donors (Lipinski definition) is 2. The van der Waals surface area contributed by atoms with Gasteiger partial charge in [0.15, 0.2) is 0 Å². The standard InChI is InChI=1S/C8H9N3.H3N/c1-5-7-3-4-9-8(7)11-6(2)10-5;/h3-4H,1-2H3,(H,9,10,11);1H3. The summed E-state index contributed by atoms with van der Waals surface area (Å²) in [5, 5.41) is 1.11. The zero-order valence-electron chi connectivity index (χ0n) is 7.26. The molecule has 0 atom stereocenters. The zero-order valence-corrected chi connectivity index (χ0v) is 7.26. The highest BCUT2D eigenvalue weighted by atomic mass is 14.9. The molecule has 0 aliphatic carbocycles. The lowest BCUT2D eigenvalue weighted by Gasteiger charge is -1.95. The summed E-state index contributed by atoms with van der Waals surface area (Å²) in [6.45, 7) is 3.89. The molecular formula is C8H12N4. The zero-order chi connectivity index (χ0) is 7.84. The monoisotopic (exact) mass is 164 g/mol. The summed E-state index contributed by atoms with van der Waals surface area (Å²) in [5.74, 6) is 0.817. The van der Waals surface area contributed by atoms with Crippen LogP contribution in [0.5, 0.6) is 0 Å². The van der Waals surface area contributed by atoms with Gasteiger partial charge in [0.05, 0.1) is 5.69 Å². The van der Waals surface area contributed by atoms with Gasteiger partial charge >= 0.3 is 0 Å². The Morgan fingerprint density at radius 2 is 2.00 bits per heavy atom. The van der Waals surface area contributed by atoms with Crippen molar-refractivity contribution in [3.05, 3.63) is 23.8 Å². The second kappa shape index (κ2) is 2.91. The molecule has 0 aliphatic rings. The van der Waals surface area contributed by atoms with E-state index in [0.717, 1.165) is 22.6 Å². The third kappa shape index (κ3) is 1.16. The van der Waals surface area contributed by atoms with Crippen LogP contribution in [-0.4, -0.2) is 15.0 Å². The molecule has 0 radical (unpaired) electrons. The first-order valence-electron chi connectivity index (χ1n) is 3.56. The van der Waals surface area contributed by atoms with Crippen LogP contribution < -0.4 is 6.15 Å².